The summed E-state index contributed by atoms with van der Waals surface area (Å²) in [4.78, 5) is 25.8. The average Bonchev–Trinajstić information content (AvgIpc) is 2.53. The number of carbonyl (C=O) groups is 2. The monoisotopic (exact) mass is 303 g/mol. The van der Waals surface area contributed by atoms with E-state index in [4.69, 9.17) is 9.47 Å². The Kier molecular flexibility index (Phi) is 4.50. The van der Waals surface area contributed by atoms with Crippen LogP contribution in [0.3, 0.4) is 0 Å². The Morgan fingerprint density at radius 2 is 1.45 bits per heavy atom. The van der Waals surface area contributed by atoms with Crippen LogP contribution in [0.1, 0.15) is 11.5 Å². The molecule has 0 unspecified atom stereocenters. The summed E-state index contributed by atoms with van der Waals surface area (Å²) in [6, 6.07) is 6.30. The molecule has 0 bridgehead atoms. The first kappa shape index (κ1) is 15.6. The van der Waals surface area contributed by atoms with Gasteiger partial charge in [-0.3, -0.25) is 0 Å². The van der Waals surface area contributed by atoms with Gasteiger partial charge in [0, 0.05) is 19.4 Å². The molecule has 0 aliphatic carbocycles. The van der Waals surface area contributed by atoms with Crippen LogP contribution in [-0.4, -0.2) is 43.2 Å². The molecule has 0 atom stereocenters. The van der Waals surface area contributed by atoms with Gasteiger partial charge in [0.15, 0.2) is 0 Å². The third kappa shape index (κ3) is 2.95. The molecule has 0 radical (unpaired) electrons. The van der Waals surface area contributed by atoms with Crippen molar-refractivity contribution in [2.45, 2.75) is 5.92 Å². The lowest BCUT2D eigenvalue weighted by molar-refractivity contribution is -0.137. The maximum absolute atomic E-state index is 12.1. The Bertz CT molecular complexity index is 611. The molecule has 0 saturated heterocycles. The molecule has 6 heteroatoms. The lowest BCUT2D eigenvalue weighted by Gasteiger charge is -2.28. The van der Waals surface area contributed by atoms with E-state index in [0.29, 0.717) is 16.7 Å². The molecule has 116 valence electrons. The van der Waals surface area contributed by atoms with Gasteiger partial charge in [0.1, 0.15) is 5.75 Å². The van der Waals surface area contributed by atoms with Gasteiger partial charge in [-0.1, -0.05) is 12.1 Å². The second-order valence-corrected chi connectivity index (χ2v) is 4.84. The third-order valence-corrected chi connectivity index (χ3v) is 3.38. The highest BCUT2D eigenvalue weighted by atomic mass is 16.5. The fraction of sp³-hybridized carbons (Fsp3) is 0.250. The second-order valence-electron chi connectivity index (χ2n) is 4.84. The Labute approximate surface area is 128 Å². The molecular formula is C16H17NO5. The average molecular weight is 303 g/mol. The van der Waals surface area contributed by atoms with Crippen molar-refractivity contribution in [3.05, 3.63) is 53.4 Å². The quantitative estimate of drug-likeness (QED) is 0.854. The molecular weight excluding hydrogens is 286 g/mol. The largest absolute Gasteiger partial charge is 0.508 e. The van der Waals surface area contributed by atoms with Crippen molar-refractivity contribution in [2.75, 3.05) is 21.3 Å². The van der Waals surface area contributed by atoms with E-state index in [0.717, 1.165) is 0 Å². The minimum absolute atomic E-state index is 0.101. The Morgan fingerprint density at radius 1 is 1.00 bits per heavy atom. The molecule has 1 N–H and O–H groups in total. The van der Waals surface area contributed by atoms with Gasteiger partial charge in [-0.05, 0) is 17.7 Å². The number of phenolic OH excluding ortho intramolecular Hbond substituents is 1. The summed E-state index contributed by atoms with van der Waals surface area (Å²) >= 11 is 0. The zero-order valence-electron chi connectivity index (χ0n) is 12.6. The van der Waals surface area contributed by atoms with E-state index in [1.54, 1.807) is 36.5 Å². The van der Waals surface area contributed by atoms with E-state index in [1.165, 1.54) is 26.4 Å². The van der Waals surface area contributed by atoms with Crippen LogP contribution < -0.4 is 0 Å². The highest BCUT2D eigenvalue weighted by molar-refractivity contribution is 5.98. The molecule has 1 heterocycles. The SMILES string of the molecule is COC(=O)C1=CN(C)C=C(C(=O)OC)C1c1ccc(O)cc1. The first-order valence-corrected chi connectivity index (χ1v) is 6.58. The number of esters is 2. The van der Waals surface area contributed by atoms with Crippen molar-refractivity contribution in [1.29, 1.82) is 0 Å². The summed E-state index contributed by atoms with van der Waals surface area (Å²) in [7, 11) is 4.28. The Balaban J connectivity index is 2.55. The number of rotatable bonds is 3. The van der Waals surface area contributed by atoms with Gasteiger partial charge in [-0.15, -0.1) is 0 Å². The van der Waals surface area contributed by atoms with Gasteiger partial charge in [-0.25, -0.2) is 9.59 Å². The van der Waals surface area contributed by atoms with Crippen LogP contribution in [0.4, 0.5) is 0 Å². The molecule has 6 nitrogen and oxygen atoms in total. The predicted octanol–water partition coefficient (Wildman–Crippen LogP) is 1.53. The van der Waals surface area contributed by atoms with Crippen molar-refractivity contribution in [2.24, 2.45) is 0 Å². The number of phenols is 1. The zero-order valence-corrected chi connectivity index (χ0v) is 12.6. The molecule has 2 rings (SSSR count). The number of ether oxygens (including phenoxy) is 2. The van der Waals surface area contributed by atoms with Crippen LogP contribution >= 0.6 is 0 Å². The number of methoxy groups -OCH3 is 2. The topological polar surface area (TPSA) is 76.1 Å². The maximum atomic E-state index is 12.1. The summed E-state index contributed by atoms with van der Waals surface area (Å²) in [6.45, 7) is 0. The zero-order chi connectivity index (χ0) is 16.3. The minimum Gasteiger partial charge on any atom is -0.508 e. The van der Waals surface area contributed by atoms with Crippen LogP contribution in [0.15, 0.2) is 47.8 Å². The highest BCUT2D eigenvalue weighted by Crippen LogP contribution is 2.37. The van der Waals surface area contributed by atoms with E-state index in [1.807, 2.05) is 0 Å². The van der Waals surface area contributed by atoms with Crippen molar-refractivity contribution < 1.29 is 24.2 Å². The molecule has 0 spiro atoms. The Morgan fingerprint density at radius 3 is 1.86 bits per heavy atom. The van der Waals surface area contributed by atoms with E-state index in [2.05, 4.69) is 0 Å². The number of nitrogens with zero attached hydrogens (tertiary/aromatic N) is 1. The van der Waals surface area contributed by atoms with Crippen LogP contribution in [-0.2, 0) is 19.1 Å². The number of benzene rings is 1. The molecule has 1 aliphatic heterocycles. The van der Waals surface area contributed by atoms with E-state index in [9.17, 15) is 14.7 Å². The fourth-order valence-electron chi connectivity index (χ4n) is 2.40. The van der Waals surface area contributed by atoms with Gasteiger partial charge in [0.25, 0.3) is 0 Å². The minimum atomic E-state index is -0.614. The first-order chi connectivity index (χ1) is 10.5. The predicted molar refractivity (Wildman–Crippen MR) is 78.8 cm³/mol. The number of hydrogen-bond acceptors (Lipinski definition) is 6. The summed E-state index contributed by atoms with van der Waals surface area (Å²) in [6.07, 6.45) is 3.21. The molecule has 1 aliphatic rings. The smallest absolute Gasteiger partial charge is 0.336 e. The standard InChI is InChI=1S/C16H17NO5/c1-17-8-12(15(19)21-2)14(13(9-17)16(20)22-3)10-4-6-11(18)7-5-10/h4-9,14,18H,1-3H3. The van der Waals surface area contributed by atoms with Crippen molar-refractivity contribution in [3.8, 4) is 5.75 Å². The van der Waals surface area contributed by atoms with Crippen molar-refractivity contribution in [3.63, 3.8) is 0 Å². The summed E-state index contributed by atoms with van der Waals surface area (Å²) in [5, 5.41) is 9.42. The number of aromatic hydroxyl groups is 1. The maximum Gasteiger partial charge on any atom is 0.336 e. The first-order valence-electron chi connectivity index (χ1n) is 6.58. The van der Waals surface area contributed by atoms with Crippen molar-refractivity contribution >= 4 is 11.9 Å². The summed E-state index contributed by atoms with van der Waals surface area (Å²) in [5.41, 5.74) is 1.32. The van der Waals surface area contributed by atoms with Gasteiger partial charge < -0.3 is 19.5 Å². The fourth-order valence-corrected chi connectivity index (χ4v) is 2.40. The highest BCUT2D eigenvalue weighted by Gasteiger charge is 2.34. The van der Waals surface area contributed by atoms with Gasteiger partial charge >= 0.3 is 11.9 Å². The lowest BCUT2D eigenvalue weighted by atomic mass is 9.83. The van der Waals surface area contributed by atoms with Crippen LogP contribution in [0, 0.1) is 0 Å². The third-order valence-electron chi connectivity index (χ3n) is 3.38. The van der Waals surface area contributed by atoms with Crippen LogP contribution in [0.25, 0.3) is 0 Å². The molecule has 1 aromatic carbocycles. The van der Waals surface area contributed by atoms with E-state index >= 15 is 0 Å². The van der Waals surface area contributed by atoms with Crippen molar-refractivity contribution in [1.82, 2.24) is 4.90 Å². The molecule has 22 heavy (non-hydrogen) atoms. The van der Waals surface area contributed by atoms with Crippen LogP contribution in [0.2, 0.25) is 0 Å². The van der Waals surface area contributed by atoms with E-state index < -0.39 is 17.9 Å². The Hall–Kier alpha value is -2.76. The summed E-state index contributed by atoms with van der Waals surface area (Å²) in [5.74, 6) is -1.57. The molecule has 0 amide bonds. The lowest BCUT2D eigenvalue weighted by Crippen LogP contribution is -2.27. The molecule has 0 aromatic heterocycles. The number of hydrogen-bond donors (Lipinski definition) is 1. The normalized spacial score (nSPS) is 15.0. The molecule has 1 aromatic rings. The number of carbonyl (C=O) groups excluding carboxylic acids is 2. The second kappa shape index (κ2) is 6.34. The van der Waals surface area contributed by atoms with Gasteiger partial charge in [0.2, 0.25) is 0 Å². The summed E-state index contributed by atoms with van der Waals surface area (Å²) < 4.78 is 9.63. The molecule has 0 saturated carbocycles. The van der Waals surface area contributed by atoms with Crippen LogP contribution in [0.5, 0.6) is 5.75 Å². The van der Waals surface area contributed by atoms with Gasteiger partial charge in [-0.2, -0.15) is 0 Å². The van der Waals surface area contributed by atoms with Gasteiger partial charge in [0.05, 0.1) is 31.3 Å². The van der Waals surface area contributed by atoms with E-state index in [-0.39, 0.29) is 5.75 Å². The molecule has 0 fully saturated rings.